The summed E-state index contributed by atoms with van der Waals surface area (Å²) in [5.41, 5.74) is 2.27. The fraction of sp³-hybridized carbons (Fsp3) is 0.500. The minimum absolute atomic E-state index is 0. The highest BCUT2D eigenvalue weighted by Gasteiger charge is 2.23. The molecule has 1 unspecified atom stereocenters. The van der Waals surface area contributed by atoms with E-state index in [-0.39, 0.29) is 35.8 Å². The molecule has 2 aromatic rings. The van der Waals surface area contributed by atoms with E-state index in [1.54, 1.807) is 11.7 Å². The number of halogens is 2. The largest absolute Gasteiger partial charge is 0.379 e. The maximum Gasteiger partial charge on any atom is 0.191 e. The monoisotopic (exact) mass is 516 g/mol. The third kappa shape index (κ3) is 7.23. The van der Waals surface area contributed by atoms with Crippen LogP contribution in [0.2, 0.25) is 0 Å². The van der Waals surface area contributed by atoms with Crippen molar-refractivity contribution in [2.45, 2.75) is 12.5 Å². The van der Waals surface area contributed by atoms with E-state index in [2.05, 4.69) is 25.6 Å². The maximum atomic E-state index is 13.4. The van der Waals surface area contributed by atoms with E-state index in [0.29, 0.717) is 6.54 Å². The van der Waals surface area contributed by atoms with Crippen molar-refractivity contribution in [2.24, 2.45) is 12.0 Å². The van der Waals surface area contributed by atoms with Gasteiger partial charge in [-0.3, -0.25) is 14.6 Å². The predicted octanol–water partition coefficient (Wildman–Crippen LogP) is 1.96. The SMILES string of the molecule is CN=C(NCCc1cnn(C)c1)NCC(c1ccc(F)cc1)N1CCOCC1.I. The molecular weight excluding hydrogens is 486 g/mol. The molecule has 160 valence electrons. The van der Waals surface area contributed by atoms with Crippen molar-refractivity contribution in [3.63, 3.8) is 0 Å². The van der Waals surface area contributed by atoms with Crippen molar-refractivity contribution in [1.29, 1.82) is 0 Å². The van der Waals surface area contributed by atoms with Crippen molar-refractivity contribution in [3.05, 3.63) is 53.6 Å². The number of guanidine groups is 1. The van der Waals surface area contributed by atoms with Crippen LogP contribution in [-0.4, -0.2) is 67.1 Å². The van der Waals surface area contributed by atoms with Crippen LogP contribution < -0.4 is 10.6 Å². The van der Waals surface area contributed by atoms with Gasteiger partial charge in [-0.2, -0.15) is 5.10 Å². The zero-order valence-electron chi connectivity index (χ0n) is 17.0. The predicted molar refractivity (Wildman–Crippen MR) is 123 cm³/mol. The van der Waals surface area contributed by atoms with Gasteiger partial charge in [0.2, 0.25) is 0 Å². The lowest BCUT2D eigenvalue weighted by Gasteiger charge is -2.35. The van der Waals surface area contributed by atoms with Crippen LogP contribution in [0.15, 0.2) is 41.7 Å². The molecule has 0 saturated carbocycles. The molecule has 1 aromatic carbocycles. The molecule has 0 bridgehead atoms. The minimum Gasteiger partial charge on any atom is -0.379 e. The molecule has 1 fully saturated rings. The van der Waals surface area contributed by atoms with Gasteiger partial charge in [-0.15, -0.1) is 24.0 Å². The molecule has 29 heavy (non-hydrogen) atoms. The van der Waals surface area contributed by atoms with Crippen LogP contribution in [0.4, 0.5) is 4.39 Å². The Labute approximate surface area is 188 Å². The van der Waals surface area contributed by atoms with Crippen molar-refractivity contribution in [1.82, 2.24) is 25.3 Å². The topological polar surface area (TPSA) is 66.7 Å². The first kappa shape index (κ1) is 23.6. The Kier molecular flexibility index (Phi) is 9.82. The number of nitrogens with zero attached hydrogens (tertiary/aromatic N) is 4. The van der Waals surface area contributed by atoms with Crippen LogP contribution in [-0.2, 0) is 18.2 Å². The fourth-order valence-electron chi connectivity index (χ4n) is 3.37. The zero-order chi connectivity index (χ0) is 19.8. The fourth-order valence-corrected chi connectivity index (χ4v) is 3.37. The van der Waals surface area contributed by atoms with Crippen molar-refractivity contribution < 1.29 is 9.13 Å². The lowest BCUT2D eigenvalue weighted by Crippen LogP contribution is -2.46. The third-order valence-electron chi connectivity index (χ3n) is 4.89. The summed E-state index contributed by atoms with van der Waals surface area (Å²) in [7, 11) is 3.68. The number of rotatable bonds is 7. The van der Waals surface area contributed by atoms with Gasteiger partial charge < -0.3 is 15.4 Å². The summed E-state index contributed by atoms with van der Waals surface area (Å²) < 4.78 is 20.6. The Bertz CT molecular complexity index is 761. The van der Waals surface area contributed by atoms with Gasteiger partial charge in [0.1, 0.15) is 5.82 Å². The second-order valence-electron chi connectivity index (χ2n) is 6.87. The highest BCUT2D eigenvalue weighted by atomic mass is 127. The molecule has 1 aromatic heterocycles. The van der Waals surface area contributed by atoms with E-state index < -0.39 is 0 Å². The van der Waals surface area contributed by atoms with Gasteiger partial charge in [0.05, 0.1) is 25.5 Å². The van der Waals surface area contributed by atoms with Crippen molar-refractivity contribution in [2.75, 3.05) is 46.4 Å². The van der Waals surface area contributed by atoms with Crippen LogP contribution in [0.3, 0.4) is 0 Å². The summed E-state index contributed by atoms with van der Waals surface area (Å²) in [5.74, 6) is 0.537. The number of benzene rings is 1. The number of hydrogen-bond donors (Lipinski definition) is 2. The normalized spacial score (nSPS) is 16.2. The van der Waals surface area contributed by atoms with Crippen LogP contribution in [0, 0.1) is 5.82 Å². The van der Waals surface area contributed by atoms with E-state index in [4.69, 9.17) is 4.74 Å². The first-order valence-electron chi connectivity index (χ1n) is 9.65. The number of hydrogen-bond acceptors (Lipinski definition) is 4. The molecule has 0 spiro atoms. The first-order chi connectivity index (χ1) is 13.7. The molecule has 1 atom stereocenters. The van der Waals surface area contributed by atoms with E-state index >= 15 is 0 Å². The number of nitrogens with one attached hydrogen (secondary N) is 2. The zero-order valence-corrected chi connectivity index (χ0v) is 19.3. The molecule has 0 radical (unpaired) electrons. The molecule has 1 saturated heterocycles. The summed E-state index contributed by atoms with van der Waals surface area (Å²) in [6.45, 7) is 4.60. The molecule has 0 amide bonds. The van der Waals surface area contributed by atoms with Crippen LogP contribution >= 0.6 is 24.0 Å². The number of morpholine rings is 1. The van der Waals surface area contributed by atoms with E-state index in [0.717, 1.165) is 50.8 Å². The van der Waals surface area contributed by atoms with Crippen LogP contribution in [0.25, 0.3) is 0 Å². The Morgan fingerprint density at radius 3 is 2.59 bits per heavy atom. The number of ether oxygens (including phenoxy) is 1. The highest BCUT2D eigenvalue weighted by molar-refractivity contribution is 14.0. The minimum atomic E-state index is -0.217. The van der Waals surface area contributed by atoms with Gasteiger partial charge in [0, 0.05) is 46.5 Å². The Balaban J connectivity index is 0.00000300. The van der Waals surface area contributed by atoms with Crippen LogP contribution in [0.1, 0.15) is 17.2 Å². The average Bonchev–Trinajstić information content (AvgIpc) is 3.14. The van der Waals surface area contributed by atoms with Crippen molar-refractivity contribution >= 4 is 29.9 Å². The summed E-state index contributed by atoms with van der Waals surface area (Å²) in [5, 5.41) is 10.9. The van der Waals surface area contributed by atoms with Gasteiger partial charge in [0.25, 0.3) is 0 Å². The van der Waals surface area contributed by atoms with Gasteiger partial charge in [-0.05, 0) is 29.7 Å². The highest BCUT2D eigenvalue weighted by Crippen LogP contribution is 2.21. The van der Waals surface area contributed by atoms with Gasteiger partial charge in [-0.25, -0.2) is 4.39 Å². The molecule has 2 heterocycles. The Hall–Kier alpha value is -1.72. The summed E-state index contributed by atoms with van der Waals surface area (Å²) in [4.78, 5) is 6.69. The quantitative estimate of drug-likeness (QED) is 0.335. The molecule has 9 heteroatoms. The molecule has 0 aliphatic carbocycles. The lowest BCUT2D eigenvalue weighted by atomic mass is 10.0. The lowest BCUT2D eigenvalue weighted by molar-refractivity contribution is 0.0170. The van der Waals surface area contributed by atoms with Crippen LogP contribution in [0.5, 0.6) is 0 Å². The van der Waals surface area contributed by atoms with Gasteiger partial charge >= 0.3 is 0 Å². The Morgan fingerprint density at radius 2 is 1.97 bits per heavy atom. The van der Waals surface area contributed by atoms with Gasteiger partial charge in [0.15, 0.2) is 5.96 Å². The molecule has 7 nitrogen and oxygen atoms in total. The standard InChI is InChI=1S/C20H29FN6O.HI/c1-22-20(23-8-7-16-13-25-26(2)15-16)24-14-19(27-9-11-28-12-10-27)17-3-5-18(21)6-4-17;/h3-6,13,15,19H,7-12,14H2,1-2H3,(H2,22,23,24);1H. The molecule has 3 rings (SSSR count). The molecule has 1 aliphatic heterocycles. The second-order valence-corrected chi connectivity index (χ2v) is 6.87. The molecule has 1 aliphatic rings. The first-order valence-corrected chi connectivity index (χ1v) is 9.65. The number of aliphatic imine (C=N–C) groups is 1. The third-order valence-corrected chi connectivity index (χ3v) is 4.89. The number of aryl methyl sites for hydroxylation is 1. The van der Waals surface area contributed by atoms with E-state index in [1.807, 2.05) is 31.6 Å². The number of aromatic nitrogens is 2. The molecule has 2 N–H and O–H groups in total. The van der Waals surface area contributed by atoms with E-state index in [1.165, 1.54) is 17.7 Å². The van der Waals surface area contributed by atoms with Crippen molar-refractivity contribution in [3.8, 4) is 0 Å². The Morgan fingerprint density at radius 1 is 1.24 bits per heavy atom. The maximum absolute atomic E-state index is 13.4. The second kappa shape index (κ2) is 12.1. The molecular formula is C20H30FIN6O. The van der Waals surface area contributed by atoms with E-state index in [9.17, 15) is 4.39 Å². The van der Waals surface area contributed by atoms with Gasteiger partial charge in [-0.1, -0.05) is 12.1 Å². The smallest absolute Gasteiger partial charge is 0.191 e. The summed E-state index contributed by atoms with van der Waals surface area (Å²) in [6, 6.07) is 6.88. The average molecular weight is 516 g/mol. The summed E-state index contributed by atoms with van der Waals surface area (Å²) >= 11 is 0. The summed E-state index contributed by atoms with van der Waals surface area (Å²) in [6.07, 6.45) is 4.76.